The van der Waals surface area contributed by atoms with Crippen molar-refractivity contribution >= 4 is 17.9 Å². The second kappa shape index (κ2) is 5.24. The van der Waals surface area contributed by atoms with Gasteiger partial charge in [0.05, 0.1) is 25.3 Å². The van der Waals surface area contributed by atoms with Crippen LogP contribution < -0.4 is 9.47 Å². The van der Waals surface area contributed by atoms with Crippen molar-refractivity contribution in [2.24, 2.45) is 0 Å². The molecule has 1 aliphatic rings. The molecular weight excluding hydrogens is 300 g/mol. The van der Waals surface area contributed by atoms with Gasteiger partial charge in [-0.25, -0.2) is 0 Å². The van der Waals surface area contributed by atoms with Crippen molar-refractivity contribution in [2.45, 2.75) is 0 Å². The number of carbonyl (C=O) groups is 3. The molecule has 2 aromatic rings. The van der Waals surface area contributed by atoms with Crippen molar-refractivity contribution in [2.75, 3.05) is 14.2 Å². The minimum atomic E-state index is -0.538. The number of phenolic OH excluding ortho intramolecular Hbond substituents is 1. The highest BCUT2D eigenvalue weighted by molar-refractivity contribution is 6.30. The fraction of sp³-hybridized carbons (Fsp3) is 0.118. The number of hydrogen-bond acceptors (Lipinski definition) is 6. The van der Waals surface area contributed by atoms with Gasteiger partial charge in [0.1, 0.15) is 23.5 Å². The summed E-state index contributed by atoms with van der Waals surface area (Å²) in [5.74, 6) is -0.993. The highest BCUT2D eigenvalue weighted by Gasteiger charge is 2.35. The summed E-state index contributed by atoms with van der Waals surface area (Å²) in [6.07, 6.45) is 0.569. The fourth-order valence-corrected chi connectivity index (χ4v) is 2.69. The van der Waals surface area contributed by atoms with E-state index < -0.39 is 11.6 Å². The van der Waals surface area contributed by atoms with Crippen LogP contribution in [0.5, 0.6) is 17.2 Å². The molecule has 0 fully saturated rings. The molecule has 0 heterocycles. The number of aldehydes is 1. The molecule has 0 saturated heterocycles. The number of ether oxygens (including phenoxy) is 2. The molecule has 116 valence electrons. The van der Waals surface area contributed by atoms with Crippen molar-refractivity contribution in [1.82, 2.24) is 0 Å². The van der Waals surface area contributed by atoms with Gasteiger partial charge >= 0.3 is 0 Å². The second-order valence-electron chi connectivity index (χ2n) is 4.99. The van der Waals surface area contributed by atoms with E-state index in [1.54, 1.807) is 0 Å². The summed E-state index contributed by atoms with van der Waals surface area (Å²) in [4.78, 5) is 36.5. The second-order valence-corrected chi connectivity index (χ2v) is 4.99. The molecule has 0 aromatic heterocycles. The van der Waals surface area contributed by atoms with E-state index in [-0.39, 0.29) is 45.1 Å². The summed E-state index contributed by atoms with van der Waals surface area (Å²) >= 11 is 0. The molecule has 1 N–H and O–H groups in total. The summed E-state index contributed by atoms with van der Waals surface area (Å²) in [6, 6.07) is 5.37. The number of fused-ring (bicyclic) bond motifs is 2. The molecular formula is C17H12O6. The third kappa shape index (κ3) is 2.07. The Hall–Kier alpha value is -3.15. The Morgan fingerprint density at radius 2 is 1.61 bits per heavy atom. The van der Waals surface area contributed by atoms with Crippen molar-refractivity contribution in [3.63, 3.8) is 0 Å². The molecule has 0 bridgehead atoms. The summed E-state index contributed by atoms with van der Waals surface area (Å²) in [5.41, 5.74) is 0.259. The van der Waals surface area contributed by atoms with Crippen molar-refractivity contribution < 1.29 is 29.0 Å². The lowest BCUT2D eigenvalue weighted by Crippen LogP contribution is -2.22. The van der Waals surface area contributed by atoms with Gasteiger partial charge in [-0.2, -0.15) is 0 Å². The van der Waals surface area contributed by atoms with Crippen LogP contribution in [0.1, 0.15) is 42.2 Å². The van der Waals surface area contributed by atoms with Gasteiger partial charge in [0, 0.05) is 22.8 Å². The van der Waals surface area contributed by atoms with Crippen LogP contribution in [0.25, 0.3) is 0 Å². The van der Waals surface area contributed by atoms with Crippen LogP contribution in [0.15, 0.2) is 24.3 Å². The molecule has 1 aliphatic carbocycles. The zero-order valence-corrected chi connectivity index (χ0v) is 12.4. The number of ketones is 2. The minimum Gasteiger partial charge on any atom is -0.507 e. The van der Waals surface area contributed by atoms with Gasteiger partial charge in [-0.3, -0.25) is 14.4 Å². The van der Waals surface area contributed by atoms with Crippen LogP contribution in [-0.4, -0.2) is 37.2 Å². The molecule has 0 aliphatic heterocycles. The van der Waals surface area contributed by atoms with Crippen LogP contribution in [-0.2, 0) is 0 Å². The molecule has 6 nitrogen and oxygen atoms in total. The van der Waals surface area contributed by atoms with Gasteiger partial charge < -0.3 is 14.6 Å². The topological polar surface area (TPSA) is 89.9 Å². The number of rotatable bonds is 3. The van der Waals surface area contributed by atoms with Crippen LogP contribution in [0.4, 0.5) is 0 Å². The predicted molar refractivity (Wildman–Crippen MR) is 79.9 cm³/mol. The molecule has 0 unspecified atom stereocenters. The van der Waals surface area contributed by atoms with Gasteiger partial charge in [-0.1, -0.05) is 0 Å². The summed E-state index contributed by atoms with van der Waals surface area (Å²) < 4.78 is 10.2. The molecule has 6 heteroatoms. The maximum Gasteiger partial charge on any atom is 0.201 e. The Morgan fingerprint density at radius 1 is 0.913 bits per heavy atom. The van der Waals surface area contributed by atoms with E-state index >= 15 is 0 Å². The quantitative estimate of drug-likeness (QED) is 0.744. The van der Waals surface area contributed by atoms with E-state index in [9.17, 15) is 19.5 Å². The van der Waals surface area contributed by atoms with E-state index in [0.29, 0.717) is 6.29 Å². The summed E-state index contributed by atoms with van der Waals surface area (Å²) in [6.45, 7) is 0. The van der Waals surface area contributed by atoms with Crippen LogP contribution in [0, 0.1) is 0 Å². The first kappa shape index (κ1) is 14.8. The van der Waals surface area contributed by atoms with Gasteiger partial charge in [0.25, 0.3) is 0 Å². The van der Waals surface area contributed by atoms with Crippen LogP contribution >= 0.6 is 0 Å². The van der Waals surface area contributed by atoms with E-state index in [1.807, 2.05) is 0 Å². The van der Waals surface area contributed by atoms with Crippen molar-refractivity contribution in [1.29, 1.82) is 0 Å². The first-order valence-electron chi connectivity index (χ1n) is 6.69. The summed E-state index contributed by atoms with van der Waals surface area (Å²) in [7, 11) is 2.73. The Labute approximate surface area is 131 Å². The van der Waals surface area contributed by atoms with E-state index in [2.05, 4.69) is 0 Å². The standard InChI is InChI=1S/C17H12O6/c1-22-9-5-11-14(12(19)6-9)17(21)15-10(16(11)20)3-8(7-18)4-13(15)23-2/h3-7,19H,1-2H3. The lowest BCUT2D eigenvalue weighted by molar-refractivity contribution is 0.0973. The number of aromatic hydroxyl groups is 1. The number of methoxy groups -OCH3 is 2. The normalized spacial score (nSPS) is 12.4. The molecule has 0 spiro atoms. The first-order valence-corrected chi connectivity index (χ1v) is 6.69. The van der Waals surface area contributed by atoms with E-state index in [0.717, 1.165) is 0 Å². The fourth-order valence-electron chi connectivity index (χ4n) is 2.69. The zero-order chi connectivity index (χ0) is 16.7. The predicted octanol–water partition coefficient (Wildman–Crippen LogP) is 2.00. The van der Waals surface area contributed by atoms with Crippen LogP contribution in [0.2, 0.25) is 0 Å². The average molecular weight is 312 g/mol. The Bertz CT molecular complexity index is 866. The number of benzene rings is 2. The number of hydrogen-bond donors (Lipinski definition) is 1. The van der Waals surface area contributed by atoms with E-state index in [4.69, 9.17) is 9.47 Å². The average Bonchev–Trinajstić information content (AvgIpc) is 2.57. The van der Waals surface area contributed by atoms with Crippen molar-refractivity contribution in [3.05, 3.63) is 52.1 Å². The highest BCUT2D eigenvalue weighted by Crippen LogP contribution is 2.39. The first-order chi connectivity index (χ1) is 11.0. The molecule has 3 rings (SSSR count). The van der Waals surface area contributed by atoms with Gasteiger partial charge in [0.15, 0.2) is 5.78 Å². The Kier molecular flexibility index (Phi) is 3.37. The van der Waals surface area contributed by atoms with Gasteiger partial charge in [0.2, 0.25) is 5.78 Å². The van der Waals surface area contributed by atoms with Crippen LogP contribution in [0.3, 0.4) is 0 Å². The maximum absolute atomic E-state index is 12.7. The highest BCUT2D eigenvalue weighted by atomic mass is 16.5. The Morgan fingerprint density at radius 3 is 2.22 bits per heavy atom. The third-order valence-corrected chi connectivity index (χ3v) is 3.75. The monoisotopic (exact) mass is 312 g/mol. The largest absolute Gasteiger partial charge is 0.507 e. The lowest BCUT2D eigenvalue weighted by Gasteiger charge is -2.21. The van der Waals surface area contributed by atoms with E-state index in [1.165, 1.54) is 38.5 Å². The van der Waals surface area contributed by atoms with Gasteiger partial charge in [-0.05, 0) is 18.2 Å². The summed E-state index contributed by atoms with van der Waals surface area (Å²) in [5, 5.41) is 10.1. The smallest absolute Gasteiger partial charge is 0.201 e. The Balaban J connectivity index is 2.35. The molecule has 23 heavy (non-hydrogen) atoms. The molecule has 0 atom stereocenters. The molecule has 0 saturated carbocycles. The van der Waals surface area contributed by atoms with Gasteiger partial charge in [-0.15, -0.1) is 0 Å². The maximum atomic E-state index is 12.7. The zero-order valence-electron chi connectivity index (χ0n) is 12.4. The van der Waals surface area contributed by atoms with Crippen molar-refractivity contribution in [3.8, 4) is 17.2 Å². The SMILES string of the molecule is COc1cc(O)c2c(c1)C(=O)c1cc(C=O)cc(OC)c1C2=O. The molecule has 2 aromatic carbocycles. The number of phenols is 1. The lowest BCUT2D eigenvalue weighted by atomic mass is 9.82. The molecule has 0 radical (unpaired) electrons. The minimum absolute atomic E-state index is 0.0319. The number of carbonyl (C=O) groups excluding carboxylic acids is 3. The molecule has 0 amide bonds. The third-order valence-electron chi connectivity index (χ3n) is 3.75.